The van der Waals surface area contributed by atoms with Crippen molar-refractivity contribution in [3.05, 3.63) is 47.4 Å². The molecule has 0 radical (unpaired) electrons. The number of nitrogens with zero attached hydrogens (tertiary/aromatic N) is 1. The van der Waals surface area contributed by atoms with Crippen LogP contribution in [0.1, 0.15) is 42.8 Å². The molecule has 1 fully saturated rings. The summed E-state index contributed by atoms with van der Waals surface area (Å²) in [5.41, 5.74) is 0.937. The van der Waals surface area contributed by atoms with Crippen molar-refractivity contribution in [3.63, 3.8) is 0 Å². The third kappa shape index (κ3) is 7.01. The molecule has 0 bridgehead atoms. The number of ether oxygens (including phenoxy) is 3. The van der Waals surface area contributed by atoms with Gasteiger partial charge in [0, 0.05) is 38.2 Å². The zero-order valence-corrected chi connectivity index (χ0v) is 18.8. The van der Waals surface area contributed by atoms with Crippen molar-refractivity contribution in [3.8, 4) is 11.5 Å². The van der Waals surface area contributed by atoms with Gasteiger partial charge in [0.25, 0.3) is 0 Å². The van der Waals surface area contributed by atoms with Crippen molar-refractivity contribution in [2.45, 2.75) is 45.4 Å². The van der Waals surface area contributed by atoms with Crippen molar-refractivity contribution in [2.75, 3.05) is 34.4 Å². The number of furan rings is 1. The Kier molecular flexibility index (Phi) is 8.79. The number of rotatable bonds is 11. The summed E-state index contributed by atoms with van der Waals surface area (Å²) < 4.78 is 21.6. The zero-order chi connectivity index (χ0) is 22.1. The molecule has 1 aliphatic rings. The summed E-state index contributed by atoms with van der Waals surface area (Å²) in [7, 11) is 4.91. The van der Waals surface area contributed by atoms with Crippen LogP contribution in [0.25, 0.3) is 0 Å². The van der Waals surface area contributed by atoms with E-state index in [1.54, 1.807) is 21.3 Å². The molecule has 1 aromatic heterocycles. The van der Waals surface area contributed by atoms with Crippen molar-refractivity contribution < 1.29 is 23.4 Å². The predicted octanol–water partition coefficient (Wildman–Crippen LogP) is 3.75. The lowest BCUT2D eigenvalue weighted by Gasteiger charge is -2.32. The highest BCUT2D eigenvalue weighted by atomic mass is 16.5. The van der Waals surface area contributed by atoms with Gasteiger partial charge in [-0.3, -0.25) is 9.69 Å². The van der Waals surface area contributed by atoms with Gasteiger partial charge in [-0.05, 0) is 56.0 Å². The number of likely N-dealkylation sites (tertiary alicyclic amines) is 1. The minimum absolute atomic E-state index is 0.0743. The van der Waals surface area contributed by atoms with Gasteiger partial charge in [0.05, 0.1) is 20.8 Å². The molecule has 170 valence electrons. The fourth-order valence-corrected chi connectivity index (χ4v) is 4.09. The third-order valence-corrected chi connectivity index (χ3v) is 5.74. The molecular weight excluding hydrogens is 396 g/mol. The summed E-state index contributed by atoms with van der Waals surface area (Å²) in [4.78, 5) is 14.8. The van der Waals surface area contributed by atoms with E-state index in [1.807, 2.05) is 30.3 Å². The lowest BCUT2D eigenvalue weighted by atomic mass is 9.93. The Labute approximate surface area is 184 Å². The zero-order valence-electron chi connectivity index (χ0n) is 18.8. The third-order valence-electron chi connectivity index (χ3n) is 5.74. The number of hydrogen-bond acceptors (Lipinski definition) is 6. The quantitative estimate of drug-likeness (QED) is 0.585. The number of carbonyl (C=O) groups is 1. The van der Waals surface area contributed by atoms with Crippen molar-refractivity contribution in [1.82, 2.24) is 10.2 Å². The second-order valence-corrected chi connectivity index (χ2v) is 8.04. The molecule has 31 heavy (non-hydrogen) atoms. The fourth-order valence-electron chi connectivity index (χ4n) is 4.09. The molecule has 1 N–H and O–H groups in total. The number of amides is 1. The SMILES string of the molecule is COCc1ccc(CN2CCC[C@@H](CCC(=O)NCc3ccc(OC)cc3OC)C2)o1. The van der Waals surface area contributed by atoms with E-state index in [1.165, 1.54) is 6.42 Å². The molecule has 1 amide bonds. The van der Waals surface area contributed by atoms with Crippen LogP contribution in [0.4, 0.5) is 0 Å². The normalized spacial score (nSPS) is 16.8. The Hall–Kier alpha value is -2.51. The van der Waals surface area contributed by atoms with Crippen LogP contribution in [0, 0.1) is 5.92 Å². The number of carbonyl (C=O) groups excluding carboxylic acids is 1. The number of piperidine rings is 1. The first kappa shape index (κ1) is 23.2. The van der Waals surface area contributed by atoms with Crippen LogP contribution >= 0.6 is 0 Å². The summed E-state index contributed by atoms with van der Waals surface area (Å²) >= 11 is 0. The Morgan fingerprint density at radius 2 is 2.00 bits per heavy atom. The van der Waals surface area contributed by atoms with Crippen LogP contribution in [0.2, 0.25) is 0 Å². The van der Waals surface area contributed by atoms with Gasteiger partial charge in [-0.1, -0.05) is 0 Å². The molecule has 0 spiro atoms. The first-order valence-corrected chi connectivity index (χ1v) is 10.9. The van der Waals surface area contributed by atoms with Gasteiger partial charge >= 0.3 is 0 Å². The molecule has 0 aliphatic carbocycles. The van der Waals surface area contributed by atoms with Crippen molar-refractivity contribution in [1.29, 1.82) is 0 Å². The average Bonchev–Trinajstić information content (AvgIpc) is 3.23. The van der Waals surface area contributed by atoms with E-state index in [9.17, 15) is 4.79 Å². The van der Waals surface area contributed by atoms with Gasteiger partial charge in [0.15, 0.2) is 0 Å². The standard InChI is InChI=1S/C24H34N2O5/c1-28-17-22-10-9-21(31-22)16-26-12-4-5-18(15-26)6-11-24(27)25-14-19-7-8-20(29-2)13-23(19)30-3/h7-10,13,18H,4-6,11-12,14-17H2,1-3H3,(H,25,27)/t18-/m0/s1. The predicted molar refractivity (Wildman–Crippen MR) is 118 cm³/mol. The number of hydrogen-bond donors (Lipinski definition) is 1. The molecule has 0 unspecified atom stereocenters. The maximum Gasteiger partial charge on any atom is 0.220 e. The first-order chi connectivity index (χ1) is 15.1. The molecule has 7 heteroatoms. The van der Waals surface area contributed by atoms with Gasteiger partial charge in [0.1, 0.15) is 29.6 Å². The van der Waals surface area contributed by atoms with E-state index >= 15 is 0 Å². The van der Waals surface area contributed by atoms with Crippen LogP contribution in [0.15, 0.2) is 34.7 Å². The minimum atomic E-state index is 0.0743. The van der Waals surface area contributed by atoms with E-state index in [0.29, 0.717) is 31.2 Å². The minimum Gasteiger partial charge on any atom is -0.497 e. The van der Waals surface area contributed by atoms with E-state index in [-0.39, 0.29) is 5.91 Å². The van der Waals surface area contributed by atoms with E-state index in [0.717, 1.165) is 55.3 Å². The fraction of sp³-hybridized carbons (Fsp3) is 0.542. The largest absolute Gasteiger partial charge is 0.497 e. The lowest BCUT2D eigenvalue weighted by Crippen LogP contribution is -2.35. The molecule has 2 heterocycles. The summed E-state index contributed by atoms with van der Waals surface area (Å²) in [6.07, 6.45) is 3.76. The average molecular weight is 431 g/mol. The van der Waals surface area contributed by atoms with Gasteiger partial charge in [-0.15, -0.1) is 0 Å². The van der Waals surface area contributed by atoms with Crippen LogP contribution in [-0.4, -0.2) is 45.2 Å². The van der Waals surface area contributed by atoms with E-state index < -0.39 is 0 Å². The second kappa shape index (κ2) is 11.8. The summed E-state index contributed by atoms with van der Waals surface area (Å²) in [5.74, 6) is 3.89. The molecule has 1 aromatic carbocycles. The van der Waals surface area contributed by atoms with Crippen LogP contribution in [0.5, 0.6) is 11.5 Å². The summed E-state index contributed by atoms with van der Waals surface area (Å²) in [5, 5.41) is 3.02. The monoisotopic (exact) mass is 430 g/mol. The topological polar surface area (TPSA) is 73.2 Å². The lowest BCUT2D eigenvalue weighted by molar-refractivity contribution is -0.121. The summed E-state index contributed by atoms with van der Waals surface area (Å²) in [6, 6.07) is 9.62. The van der Waals surface area contributed by atoms with Gasteiger partial charge in [-0.2, -0.15) is 0 Å². The first-order valence-electron chi connectivity index (χ1n) is 10.9. The smallest absolute Gasteiger partial charge is 0.220 e. The maximum absolute atomic E-state index is 12.4. The van der Waals surface area contributed by atoms with Crippen LogP contribution in [0.3, 0.4) is 0 Å². The van der Waals surface area contributed by atoms with Gasteiger partial charge in [0.2, 0.25) is 5.91 Å². The highest BCUT2D eigenvalue weighted by molar-refractivity contribution is 5.75. The van der Waals surface area contributed by atoms with Gasteiger partial charge in [-0.25, -0.2) is 0 Å². The van der Waals surface area contributed by atoms with E-state index in [2.05, 4.69) is 10.2 Å². The molecule has 1 atom stereocenters. The second-order valence-electron chi connectivity index (χ2n) is 8.04. The van der Waals surface area contributed by atoms with Crippen molar-refractivity contribution in [2.24, 2.45) is 5.92 Å². The Morgan fingerprint density at radius 1 is 1.16 bits per heavy atom. The van der Waals surface area contributed by atoms with Crippen LogP contribution < -0.4 is 14.8 Å². The highest BCUT2D eigenvalue weighted by Gasteiger charge is 2.21. The maximum atomic E-state index is 12.4. The molecular formula is C24H34N2O5. The number of benzene rings is 1. The Morgan fingerprint density at radius 3 is 2.77 bits per heavy atom. The molecule has 2 aromatic rings. The molecule has 7 nitrogen and oxygen atoms in total. The molecule has 0 saturated carbocycles. The molecule has 1 saturated heterocycles. The highest BCUT2D eigenvalue weighted by Crippen LogP contribution is 2.25. The van der Waals surface area contributed by atoms with Crippen LogP contribution in [-0.2, 0) is 29.2 Å². The molecule has 3 rings (SSSR count). The number of methoxy groups -OCH3 is 3. The van der Waals surface area contributed by atoms with Gasteiger partial charge < -0.3 is 23.9 Å². The Balaban J connectivity index is 1.41. The van der Waals surface area contributed by atoms with Crippen molar-refractivity contribution >= 4 is 5.91 Å². The number of nitrogens with one attached hydrogen (secondary N) is 1. The van der Waals surface area contributed by atoms with E-state index in [4.69, 9.17) is 18.6 Å². The summed E-state index contributed by atoms with van der Waals surface area (Å²) in [6.45, 7) is 3.83. The molecule has 1 aliphatic heterocycles. The Bertz CT molecular complexity index is 835.